The summed E-state index contributed by atoms with van der Waals surface area (Å²) >= 11 is 3.64. The van der Waals surface area contributed by atoms with Gasteiger partial charge in [0.2, 0.25) is 0 Å². The fraction of sp³-hybridized carbons (Fsp3) is 0.250. The first-order chi connectivity index (χ1) is 11.4. The molecule has 0 saturated heterocycles. The van der Waals surface area contributed by atoms with Gasteiger partial charge in [-0.1, -0.05) is 0 Å². The minimum atomic E-state index is 0.235. The molecule has 0 radical (unpaired) electrons. The molecular weight excluding hydrogens is 399 g/mol. The molecule has 4 nitrogen and oxygen atoms in total. The molecule has 3 aromatic rings. The second-order valence-electron chi connectivity index (χ2n) is 5.07. The summed E-state index contributed by atoms with van der Waals surface area (Å²) in [5, 5.41) is 4.09. The number of fused-ring (bicyclic) bond motifs is 2. The Labute approximate surface area is 146 Å². The van der Waals surface area contributed by atoms with Gasteiger partial charge in [-0.15, -0.1) is 0 Å². The van der Waals surface area contributed by atoms with Gasteiger partial charge in [-0.25, -0.2) is 0 Å². The summed E-state index contributed by atoms with van der Waals surface area (Å²) < 4.78 is 25.6. The predicted molar refractivity (Wildman–Crippen MR) is 92.0 cm³/mol. The molecule has 3 aromatic heterocycles. The van der Waals surface area contributed by atoms with Gasteiger partial charge in [0, 0.05) is 0 Å². The van der Waals surface area contributed by atoms with Crippen LogP contribution in [0.4, 0.5) is 0 Å². The summed E-state index contributed by atoms with van der Waals surface area (Å²) in [5.74, 6) is 3.59. The molecule has 0 fully saturated rings. The van der Waals surface area contributed by atoms with Crippen LogP contribution in [0.2, 0.25) is 0 Å². The van der Waals surface area contributed by atoms with Crippen LogP contribution in [0, 0.1) is 0 Å². The van der Waals surface area contributed by atoms with Gasteiger partial charge >= 0.3 is 147 Å². The molecule has 2 aliphatic heterocycles. The Kier molecular flexibility index (Phi) is 3.40. The summed E-state index contributed by atoms with van der Waals surface area (Å²) in [6.45, 7) is 2.52. The number of ether oxygens (including phenoxy) is 4. The van der Waals surface area contributed by atoms with Gasteiger partial charge in [0.1, 0.15) is 0 Å². The molecular formula is C16H12O4S2Se. The summed E-state index contributed by atoms with van der Waals surface area (Å²) in [6, 6.07) is 4.41. The van der Waals surface area contributed by atoms with Crippen LogP contribution >= 0.6 is 22.7 Å². The van der Waals surface area contributed by atoms with Crippen molar-refractivity contribution in [2.45, 2.75) is 0 Å². The molecule has 0 spiro atoms. The molecule has 118 valence electrons. The number of hydrogen-bond donors (Lipinski definition) is 0. The van der Waals surface area contributed by atoms with Crippen molar-refractivity contribution >= 4 is 37.2 Å². The molecule has 5 heterocycles. The van der Waals surface area contributed by atoms with Crippen molar-refractivity contribution in [2.24, 2.45) is 0 Å². The van der Waals surface area contributed by atoms with Crippen LogP contribution < -0.4 is 18.9 Å². The quantitative estimate of drug-likeness (QED) is 0.602. The van der Waals surface area contributed by atoms with E-state index < -0.39 is 0 Å². The summed E-state index contributed by atoms with van der Waals surface area (Å²) in [7, 11) is 0. The fourth-order valence-corrected chi connectivity index (χ4v) is 7.23. The van der Waals surface area contributed by atoms with Crippen molar-refractivity contribution in [1.29, 1.82) is 0 Å². The molecule has 0 unspecified atom stereocenters. The molecule has 23 heavy (non-hydrogen) atoms. The second-order valence-corrected chi connectivity index (χ2v) is 9.11. The van der Waals surface area contributed by atoms with E-state index in [-0.39, 0.29) is 14.5 Å². The van der Waals surface area contributed by atoms with Crippen molar-refractivity contribution in [3.8, 4) is 41.6 Å². The monoisotopic (exact) mass is 412 g/mol. The van der Waals surface area contributed by atoms with Gasteiger partial charge in [-0.3, -0.25) is 0 Å². The first-order valence-electron chi connectivity index (χ1n) is 7.25. The Morgan fingerprint density at radius 1 is 0.696 bits per heavy atom. The van der Waals surface area contributed by atoms with E-state index in [2.05, 4.69) is 12.1 Å². The molecule has 0 N–H and O–H groups in total. The van der Waals surface area contributed by atoms with E-state index in [1.807, 2.05) is 10.8 Å². The molecule has 2 aliphatic rings. The average molecular weight is 411 g/mol. The third-order valence-electron chi connectivity index (χ3n) is 3.66. The summed E-state index contributed by atoms with van der Waals surface area (Å²) in [6.07, 6.45) is 0. The SMILES string of the molecule is c1cc(-c2scc3c2OCCO3)[se]c1-c1scc2c1OCCO2. The van der Waals surface area contributed by atoms with E-state index in [0.717, 1.165) is 23.0 Å². The van der Waals surface area contributed by atoms with Crippen molar-refractivity contribution in [1.82, 2.24) is 0 Å². The van der Waals surface area contributed by atoms with Gasteiger partial charge in [-0.2, -0.15) is 0 Å². The van der Waals surface area contributed by atoms with E-state index in [1.54, 1.807) is 22.7 Å². The zero-order valence-corrected chi connectivity index (χ0v) is 15.3. The van der Waals surface area contributed by atoms with Gasteiger partial charge in [0.05, 0.1) is 0 Å². The topological polar surface area (TPSA) is 36.9 Å². The Hall–Kier alpha value is -1.40. The molecule has 7 heteroatoms. The van der Waals surface area contributed by atoms with Crippen LogP contribution in [-0.2, 0) is 0 Å². The third-order valence-corrected chi connectivity index (χ3v) is 8.54. The van der Waals surface area contributed by atoms with Crippen molar-refractivity contribution in [3.63, 3.8) is 0 Å². The number of rotatable bonds is 2. The Morgan fingerprint density at radius 3 is 1.70 bits per heavy atom. The van der Waals surface area contributed by atoms with Crippen molar-refractivity contribution in [2.75, 3.05) is 26.4 Å². The average Bonchev–Trinajstić information content (AvgIpc) is 3.31. The molecule has 0 aliphatic carbocycles. The third kappa shape index (κ3) is 2.31. The fourth-order valence-electron chi connectivity index (χ4n) is 2.65. The van der Waals surface area contributed by atoms with E-state index in [1.165, 1.54) is 18.6 Å². The van der Waals surface area contributed by atoms with Crippen LogP contribution in [0.1, 0.15) is 0 Å². The second kappa shape index (κ2) is 5.60. The molecule has 0 amide bonds. The molecule has 0 bridgehead atoms. The Bertz CT molecular complexity index is 795. The van der Waals surface area contributed by atoms with E-state index in [4.69, 9.17) is 18.9 Å². The number of thiophene rings is 2. The van der Waals surface area contributed by atoms with Gasteiger partial charge < -0.3 is 0 Å². The van der Waals surface area contributed by atoms with Gasteiger partial charge in [-0.05, 0) is 0 Å². The summed E-state index contributed by atoms with van der Waals surface area (Å²) in [5.41, 5.74) is 0. The first kappa shape index (κ1) is 14.0. The van der Waals surface area contributed by atoms with Gasteiger partial charge in [0.25, 0.3) is 0 Å². The standard InChI is InChI=1S/C16H12O4S2Se/c1-2-12(16-14-10(8-22-16)18-4-6-20-14)23-11(1)15-13-9(7-21-15)17-3-5-19-13/h1-2,7-8H,3-6H2. The van der Waals surface area contributed by atoms with Gasteiger partial charge in [0.15, 0.2) is 0 Å². The minimum absolute atomic E-state index is 0.235. The van der Waals surface area contributed by atoms with E-state index in [0.29, 0.717) is 26.4 Å². The Morgan fingerprint density at radius 2 is 1.17 bits per heavy atom. The van der Waals surface area contributed by atoms with Crippen LogP contribution in [0.5, 0.6) is 23.0 Å². The first-order valence-corrected chi connectivity index (χ1v) is 10.7. The van der Waals surface area contributed by atoms with Crippen LogP contribution in [-0.4, -0.2) is 40.9 Å². The Balaban J connectivity index is 1.54. The normalized spacial score (nSPS) is 15.7. The maximum absolute atomic E-state index is 5.81. The predicted octanol–water partition coefficient (Wildman–Crippen LogP) is 3.74. The number of hydrogen-bond acceptors (Lipinski definition) is 6. The molecule has 0 saturated carbocycles. The molecule has 5 rings (SSSR count). The zero-order chi connectivity index (χ0) is 15.2. The van der Waals surface area contributed by atoms with Crippen LogP contribution in [0.3, 0.4) is 0 Å². The van der Waals surface area contributed by atoms with Crippen molar-refractivity contribution in [3.05, 3.63) is 22.9 Å². The van der Waals surface area contributed by atoms with Crippen LogP contribution in [0.15, 0.2) is 22.9 Å². The molecule has 0 aromatic carbocycles. The maximum atomic E-state index is 5.81. The zero-order valence-electron chi connectivity index (χ0n) is 12.0. The van der Waals surface area contributed by atoms with E-state index in [9.17, 15) is 0 Å². The summed E-state index contributed by atoms with van der Waals surface area (Å²) in [4.78, 5) is 2.40. The van der Waals surface area contributed by atoms with Crippen molar-refractivity contribution < 1.29 is 18.9 Å². The van der Waals surface area contributed by atoms with E-state index >= 15 is 0 Å². The van der Waals surface area contributed by atoms with Crippen LogP contribution in [0.25, 0.3) is 18.6 Å². The molecule has 0 atom stereocenters.